The number of aryl methyl sites for hydroxylation is 3. The van der Waals surface area contributed by atoms with Crippen LogP contribution in [0.5, 0.6) is 0 Å². The molecular formula is C21H28N8O. The van der Waals surface area contributed by atoms with Crippen LogP contribution >= 0.6 is 0 Å². The third kappa shape index (κ3) is 4.35. The summed E-state index contributed by atoms with van der Waals surface area (Å²) in [5.74, 6) is 1.68. The van der Waals surface area contributed by atoms with Crippen molar-refractivity contribution >= 4 is 5.96 Å². The molecule has 1 saturated heterocycles. The van der Waals surface area contributed by atoms with Crippen LogP contribution in [0.3, 0.4) is 0 Å². The highest BCUT2D eigenvalue weighted by Gasteiger charge is 2.25. The first-order valence-electron chi connectivity index (χ1n) is 10.1. The van der Waals surface area contributed by atoms with Gasteiger partial charge in [0.25, 0.3) is 0 Å². The van der Waals surface area contributed by atoms with Gasteiger partial charge in [-0.2, -0.15) is 10.2 Å². The fourth-order valence-corrected chi connectivity index (χ4v) is 3.67. The Morgan fingerprint density at radius 3 is 2.80 bits per heavy atom. The monoisotopic (exact) mass is 408 g/mol. The van der Waals surface area contributed by atoms with Gasteiger partial charge >= 0.3 is 0 Å². The van der Waals surface area contributed by atoms with E-state index in [9.17, 15) is 0 Å². The van der Waals surface area contributed by atoms with E-state index in [2.05, 4.69) is 36.5 Å². The summed E-state index contributed by atoms with van der Waals surface area (Å²) in [6.07, 6.45) is 5.73. The summed E-state index contributed by atoms with van der Waals surface area (Å²) >= 11 is 0. The van der Waals surface area contributed by atoms with E-state index in [1.165, 1.54) is 0 Å². The van der Waals surface area contributed by atoms with Crippen molar-refractivity contribution in [3.05, 3.63) is 59.3 Å². The minimum Gasteiger partial charge on any atom is -0.370 e. The first-order chi connectivity index (χ1) is 14.5. The average Bonchev–Trinajstić information content (AvgIpc) is 3.34. The molecule has 1 aliphatic rings. The molecule has 1 atom stereocenters. The van der Waals surface area contributed by atoms with Gasteiger partial charge in [0.05, 0.1) is 25.0 Å². The number of hydrogen-bond acceptors (Lipinski definition) is 5. The van der Waals surface area contributed by atoms with Gasteiger partial charge in [-0.3, -0.25) is 9.67 Å². The van der Waals surface area contributed by atoms with Crippen molar-refractivity contribution in [3.8, 4) is 5.82 Å². The minimum atomic E-state index is -0.00674. The minimum absolute atomic E-state index is 0.00674. The summed E-state index contributed by atoms with van der Waals surface area (Å²) < 4.78 is 9.59. The van der Waals surface area contributed by atoms with Crippen LogP contribution in [0.2, 0.25) is 0 Å². The van der Waals surface area contributed by atoms with Gasteiger partial charge in [0, 0.05) is 50.8 Å². The topological polar surface area (TPSA) is 85.4 Å². The van der Waals surface area contributed by atoms with Crippen molar-refractivity contribution in [2.75, 3.05) is 26.7 Å². The zero-order valence-corrected chi connectivity index (χ0v) is 17.9. The number of nitrogens with zero attached hydrogens (tertiary/aromatic N) is 7. The van der Waals surface area contributed by atoms with Gasteiger partial charge in [0.15, 0.2) is 11.8 Å². The van der Waals surface area contributed by atoms with Crippen LogP contribution in [0.4, 0.5) is 0 Å². The van der Waals surface area contributed by atoms with E-state index in [0.29, 0.717) is 13.2 Å². The number of aromatic nitrogens is 5. The maximum absolute atomic E-state index is 5.94. The number of aliphatic imine (C=N–C) groups is 1. The molecule has 4 heterocycles. The van der Waals surface area contributed by atoms with Crippen molar-refractivity contribution in [1.82, 2.24) is 34.8 Å². The number of hydrogen-bond donors (Lipinski definition) is 1. The SMILES string of the molecule is CN=C(NCc1ccc(-n2nc(C)cc2C)nc1)N1CCOC(c2cnn(C)c2)C1. The molecule has 30 heavy (non-hydrogen) atoms. The van der Waals surface area contributed by atoms with E-state index in [1.54, 1.807) is 11.7 Å². The van der Waals surface area contributed by atoms with Crippen LogP contribution in [-0.4, -0.2) is 62.1 Å². The van der Waals surface area contributed by atoms with Crippen LogP contribution in [0.25, 0.3) is 5.82 Å². The molecule has 9 nitrogen and oxygen atoms in total. The molecule has 0 bridgehead atoms. The molecule has 0 radical (unpaired) electrons. The van der Waals surface area contributed by atoms with Crippen molar-refractivity contribution < 1.29 is 4.74 Å². The average molecular weight is 409 g/mol. The predicted octanol–water partition coefficient (Wildman–Crippen LogP) is 1.77. The lowest BCUT2D eigenvalue weighted by atomic mass is 10.1. The van der Waals surface area contributed by atoms with Gasteiger partial charge in [-0.15, -0.1) is 0 Å². The summed E-state index contributed by atoms with van der Waals surface area (Å²) in [5, 5.41) is 12.2. The number of guanidine groups is 1. The van der Waals surface area contributed by atoms with Gasteiger partial charge in [0.2, 0.25) is 0 Å². The molecule has 158 valence electrons. The number of morpholine rings is 1. The van der Waals surface area contributed by atoms with Gasteiger partial charge in [-0.1, -0.05) is 6.07 Å². The Morgan fingerprint density at radius 2 is 2.17 bits per heavy atom. The molecule has 1 unspecified atom stereocenters. The highest BCUT2D eigenvalue weighted by atomic mass is 16.5. The van der Waals surface area contributed by atoms with Crippen LogP contribution in [-0.2, 0) is 18.3 Å². The quantitative estimate of drug-likeness (QED) is 0.523. The number of pyridine rings is 1. The fourth-order valence-electron chi connectivity index (χ4n) is 3.67. The van der Waals surface area contributed by atoms with Gasteiger partial charge in [0.1, 0.15) is 6.10 Å². The lowest BCUT2D eigenvalue weighted by Gasteiger charge is -2.34. The summed E-state index contributed by atoms with van der Waals surface area (Å²) in [4.78, 5) is 11.3. The van der Waals surface area contributed by atoms with E-state index in [0.717, 1.165) is 47.4 Å². The second-order valence-electron chi connectivity index (χ2n) is 7.52. The number of rotatable bonds is 4. The molecule has 9 heteroatoms. The zero-order valence-electron chi connectivity index (χ0n) is 17.9. The standard InChI is InChI=1S/C21H28N8O/c1-15-9-16(2)29(26-15)20-6-5-17(10-23-20)11-24-21(22-3)28-7-8-30-19(14-28)18-12-25-27(4)13-18/h5-6,9-10,12-13,19H,7-8,11,14H2,1-4H3,(H,22,24). The maximum Gasteiger partial charge on any atom is 0.194 e. The number of nitrogens with one attached hydrogen (secondary N) is 1. The second kappa shape index (κ2) is 8.66. The third-order valence-corrected chi connectivity index (χ3v) is 5.16. The van der Waals surface area contributed by atoms with E-state index in [4.69, 9.17) is 4.74 Å². The Bertz CT molecular complexity index is 1020. The van der Waals surface area contributed by atoms with E-state index < -0.39 is 0 Å². The van der Waals surface area contributed by atoms with Crippen LogP contribution in [0, 0.1) is 13.8 Å². The molecule has 1 N–H and O–H groups in total. The lowest BCUT2D eigenvalue weighted by molar-refractivity contribution is -0.00805. The molecule has 0 saturated carbocycles. The Balaban J connectivity index is 1.38. The normalized spacial score (nSPS) is 17.4. The Hall–Kier alpha value is -3.20. The molecule has 0 spiro atoms. The fraction of sp³-hybridized carbons (Fsp3) is 0.429. The predicted molar refractivity (Wildman–Crippen MR) is 115 cm³/mol. The van der Waals surface area contributed by atoms with Crippen LogP contribution < -0.4 is 5.32 Å². The first-order valence-corrected chi connectivity index (χ1v) is 10.1. The smallest absolute Gasteiger partial charge is 0.194 e. The number of ether oxygens (including phenoxy) is 1. The second-order valence-corrected chi connectivity index (χ2v) is 7.52. The first kappa shape index (κ1) is 20.1. The van der Waals surface area contributed by atoms with Crippen molar-refractivity contribution in [3.63, 3.8) is 0 Å². The molecule has 3 aromatic rings. The van der Waals surface area contributed by atoms with E-state index in [1.807, 2.05) is 56.3 Å². The van der Waals surface area contributed by atoms with Crippen molar-refractivity contribution in [2.24, 2.45) is 12.0 Å². The molecule has 0 aliphatic carbocycles. The molecule has 0 amide bonds. The van der Waals surface area contributed by atoms with Gasteiger partial charge in [-0.05, 0) is 31.5 Å². The largest absolute Gasteiger partial charge is 0.370 e. The summed E-state index contributed by atoms with van der Waals surface area (Å²) in [5.41, 5.74) is 4.22. The lowest BCUT2D eigenvalue weighted by Crippen LogP contribution is -2.47. The highest BCUT2D eigenvalue weighted by Crippen LogP contribution is 2.21. The van der Waals surface area contributed by atoms with Gasteiger partial charge in [-0.25, -0.2) is 9.67 Å². The van der Waals surface area contributed by atoms with Gasteiger partial charge < -0.3 is 15.0 Å². The molecule has 0 aromatic carbocycles. The van der Waals surface area contributed by atoms with Crippen molar-refractivity contribution in [1.29, 1.82) is 0 Å². The Kier molecular flexibility index (Phi) is 5.80. The molecule has 3 aromatic heterocycles. The third-order valence-electron chi connectivity index (χ3n) is 5.16. The van der Waals surface area contributed by atoms with E-state index in [-0.39, 0.29) is 6.10 Å². The summed E-state index contributed by atoms with van der Waals surface area (Å²) in [6.45, 7) is 6.84. The van der Waals surface area contributed by atoms with E-state index >= 15 is 0 Å². The maximum atomic E-state index is 5.94. The molecule has 1 fully saturated rings. The summed E-state index contributed by atoms with van der Waals surface area (Å²) in [7, 11) is 3.72. The summed E-state index contributed by atoms with van der Waals surface area (Å²) in [6, 6.07) is 6.10. The molecule has 1 aliphatic heterocycles. The zero-order chi connectivity index (χ0) is 21.1. The van der Waals surface area contributed by atoms with Crippen LogP contribution in [0.15, 0.2) is 41.8 Å². The Labute approximate surface area is 176 Å². The highest BCUT2D eigenvalue weighted by molar-refractivity contribution is 5.80. The molecule has 4 rings (SSSR count). The van der Waals surface area contributed by atoms with Crippen molar-refractivity contribution in [2.45, 2.75) is 26.5 Å². The Morgan fingerprint density at radius 1 is 1.30 bits per heavy atom. The molecular weight excluding hydrogens is 380 g/mol. The van der Waals surface area contributed by atoms with Crippen LogP contribution in [0.1, 0.15) is 28.6 Å².